The minimum atomic E-state index is -0.540. The van der Waals surface area contributed by atoms with E-state index in [0.29, 0.717) is 11.6 Å². The predicted octanol–water partition coefficient (Wildman–Crippen LogP) is 2.92. The molecule has 6 nitrogen and oxygen atoms in total. The standard InChI is InChI=1S/C14H18ClN3O3/c1-10-3-2-6-17(9-10)14(19)8-16-11-4-5-12(15)13(7-11)18(20)21/h4-5,7,10,16H,2-3,6,8-9H2,1H3. The summed E-state index contributed by atoms with van der Waals surface area (Å²) < 4.78 is 0. The number of hydrogen-bond donors (Lipinski definition) is 1. The van der Waals surface area contributed by atoms with Crippen LogP contribution in [-0.4, -0.2) is 35.4 Å². The van der Waals surface area contributed by atoms with Crippen molar-refractivity contribution < 1.29 is 9.72 Å². The van der Waals surface area contributed by atoms with Crippen molar-refractivity contribution in [1.82, 2.24) is 4.90 Å². The van der Waals surface area contributed by atoms with Crippen LogP contribution < -0.4 is 5.32 Å². The molecule has 1 amide bonds. The smallest absolute Gasteiger partial charge is 0.289 e. The molecule has 1 aliphatic heterocycles. The summed E-state index contributed by atoms with van der Waals surface area (Å²) in [6, 6.07) is 4.42. The molecule has 1 N–H and O–H groups in total. The molecule has 1 atom stereocenters. The van der Waals surface area contributed by atoms with Gasteiger partial charge in [-0.3, -0.25) is 14.9 Å². The number of carbonyl (C=O) groups excluding carboxylic acids is 1. The molecule has 2 rings (SSSR count). The number of likely N-dealkylation sites (tertiary alicyclic amines) is 1. The molecule has 0 spiro atoms. The molecule has 0 aromatic heterocycles. The van der Waals surface area contributed by atoms with Gasteiger partial charge < -0.3 is 10.2 Å². The molecule has 1 aromatic carbocycles. The van der Waals surface area contributed by atoms with E-state index in [4.69, 9.17) is 11.6 Å². The van der Waals surface area contributed by atoms with E-state index in [1.54, 1.807) is 6.07 Å². The fourth-order valence-electron chi connectivity index (χ4n) is 2.47. The van der Waals surface area contributed by atoms with Crippen molar-refractivity contribution in [3.05, 3.63) is 33.3 Å². The Morgan fingerprint density at radius 1 is 1.57 bits per heavy atom. The number of anilines is 1. The monoisotopic (exact) mass is 311 g/mol. The Hall–Kier alpha value is -1.82. The van der Waals surface area contributed by atoms with E-state index < -0.39 is 4.92 Å². The molecule has 1 aromatic rings. The number of halogens is 1. The SMILES string of the molecule is CC1CCCN(C(=O)CNc2ccc(Cl)c([N+](=O)[O-])c2)C1. The number of nitrogens with one attached hydrogen (secondary N) is 1. The zero-order valence-electron chi connectivity index (χ0n) is 11.8. The fraction of sp³-hybridized carbons (Fsp3) is 0.500. The predicted molar refractivity (Wildman–Crippen MR) is 81.6 cm³/mol. The first-order valence-corrected chi connectivity index (χ1v) is 7.30. The first-order valence-electron chi connectivity index (χ1n) is 6.93. The van der Waals surface area contributed by atoms with Gasteiger partial charge in [0.1, 0.15) is 5.02 Å². The number of nitro benzene ring substituents is 1. The second-order valence-corrected chi connectivity index (χ2v) is 5.77. The first kappa shape index (κ1) is 15.6. The Morgan fingerprint density at radius 2 is 2.33 bits per heavy atom. The van der Waals surface area contributed by atoms with Crippen LogP contribution in [0.15, 0.2) is 18.2 Å². The number of nitro groups is 1. The van der Waals surface area contributed by atoms with E-state index in [2.05, 4.69) is 12.2 Å². The molecule has 0 bridgehead atoms. The Kier molecular flexibility index (Phi) is 5.01. The summed E-state index contributed by atoms with van der Waals surface area (Å²) >= 11 is 5.75. The Labute approximate surface area is 128 Å². The highest BCUT2D eigenvalue weighted by Gasteiger charge is 2.20. The van der Waals surface area contributed by atoms with Crippen LogP contribution in [0.4, 0.5) is 11.4 Å². The molecule has 114 valence electrons. The Morgan fingerprint density at radius 3 is 3.00 bits per heavy atom. The normalized spacial score (nSPS) is 18.4. The van der Waals surface area contributed by atoms with Gasteiger partial charge in [0.25, 0.3) is 5.69 Å². The average molecular weight is 312 g/mol. The van der Waals surface area contributed by atoms with Gasteiger partial charge in [0, 0.05) is 24.8 Å². The summed E-state index contributed by atoms with van der Waals surface area (Å²) in [5.74, 6) is 0.540. The van der Waals surface area contributed by atoms with Crippen molar-refractivity contribution in [2.75, 3.05) is 25.0 Å². The van der Waals surface area contributed by atoms with Crippen LogP contribution in [0.5, 0.6) is 0 Å². The molecular formula is C14H18ClN3O3. The Balaban J connectivity index is 1.95. The zero-order chi connectivity index (χ0) is 15.4. The van der Waals surface area contributed by atoms with Gasteiger partial charge in [0.15, 0.2) is 0 Å². The number of hydrogen-bond acceptors (Lipinski definition) is 4. The summed E-state index contributed by atoms with van der Waals surface area (Å²) in [5.41, 5.74) is 0.352. The van der Waals surface area contributed by atoms with Crippen LogP contribution in [0.1, 0.15) is 19.8 Å². The maximum absolute atomic E-state index is 12.1. The van der Waals surface area contributed by atoms with E-state index in [1.807, 2.05) is 4.90 Å². The second kappa shape index (κ2) is 6.76. The maximum Gasteiger partial charge on any atom is 0.289 e. The van der Waals surface area contributed by atoms with Crippen LogP contribution in [0.25, 0.3) is 0 Å². The summed E-state index contributed by atoms with van der Waals surface area (Å²) in [6.45, 7) is 3.83. The third kappa shape index (κ3) is 4.07. The molecule has 21 heavy (non-hydrogen) atoms. The van der Waals surface area contributed by atoms with Crippen molar-refractivity contribution in [3.8, 4) is 0 Å². The topological polar surface area (TPSA) is 75.5 Å². The van der Waals surface area contributed by atoms with Gasteiger partial charge in [-0.2, -0.15) is 0 Å². The minimum absolute atomic E-state index is 0.0131. The molecule has 1 unspecified atom stereocenters. The van der Waals surface area contributed by atoms with Gasteiger partial charge in [-0.1, -0.05) is 18.5 Å². The van der Waals surface area contributed by atoms with Crippen molar-refractivity contribution in [2.24, 2.45) is 5.92 Å². The zero-order valence-corrected chi connectivity index (χ0v) is 12.6. The van der Waals surface area contributed by atoms with Crippen LogP contribution in [0.2, 0.25) is 5.02 Å². The van der Waals surface area contributed by atoms with Crippen molar-refractivity contribution in [1.29, 1.82) is 0 Å². The van der Waals surface area contributed by atoms with Crippen LogP contribution in [-0.2, 0) is 4.79 Å². The molecule has 1 fully saturated rings. The average Bonchev–Trinajstić information content (AvgIpc) is 2.45. The second-order valence-electron chi connectivity index (χ2n) is 5.36. The van der Waals surface area contributed by atoms with E-state index >= 15 is 0 Å². The molecule has 1 saturated heterocycles. The van der Waals surface area contributed by atoms with Crippen LogP contribution >= 0.6 is 11.6 Å². The van der Waals surface area contributed by atoms with Gasteiger partial charge in [-0.05, 0) is 30.9 Å². The van der Waals surface area contributed by atoms with E-state index in [0.717, 1.165) is 25.9 Å². The number of piperidine rings is 1. The van der Waals surface area contributed by atoms with E-state index in [1.165, 1.54) is 12.1 Å². The molecule has 1 aliphatic rings. The van der Waals surface area contributed by atoms with Crippen molar-refractivity contribution >= 4 is 28.9 Å². The van der Waals surface area contributed by atoms with Gasteiger partial charge in [-0.15, -0.1) is 0 Å². The third-order valence-electron chi connectivity index (χ3n) is 3.60. The van der Waals surface area contributed by atoms with Gasteiger partial charge >= 0.3 is 0 Å². The van der Waals surface area contributed by atoms with Crippen LogP contribution in [0.3, 0.4) is 0 Å². The molecule has 0 saturated carbocycles. The number of benzene rings is 1. The lowest BCUT2D eigenvalue weighted by molar-refractivity contribution is -0.384. The molecule has 7 heteroatoms. The summed E-state index contributed by atoms with van der Waals surface area (Å²) in [6.07, 6.45) is 2.18. The third-order valence-corrected chi connectivity index (χ3v) is 3.92. The summed E-state index contributed by atoms with van der Waals surface area (Å²) in [5, 5.41) is 13.8. The first-order chi connectivity index (χ1) is 9.97. The van der Waals surface area contributed by atoms with Crippen molar-refractivity contribution in [3.63, 3.8) is 0 Å². The highest BCUT2D eigenvalue weighted by atomic mass is 35.5. The summed E-state index contributed by atoms with van der Waals surface area (Å²) in [4.78, 5) is 24.2. The van der Waals surface area contributed by atoms with Gasteiger partial charge in [0.05, 0.1) is 11.5 Å². The lowest BCUT2D eigenvalue weighted by atomic mass is 10.0. The summed E-state index contributed by atoms with van der Waals surface area (Å²) in [7, 11) is 0. The largest absolute Gasteiger partial charge is 0.376 e. The lowest BCUT2D eigenvalue weighted by Crippen LogP contribution is -2.41. The quantitative estimate of drug-likeness (QED) is 0.685. The maximum atomic E-state index is 12.1. The lowest BCUT2D eigenvalue weighted by Gasteiger charge is -2.31. The van der Waals surface area contributed by atoms with Crippen molar-refractivity contribution in [2.45, 2.75) is 19.8 Å². The van der Waals surface area contributed by atoms with Crippen LogP contribution in [0, 0.1) is 16.0 Å². The number of amides is 1. The highest BCUT2D eigenvalue weighted by Crippen LogP contribution is 2.27. The van der Waals surface area contributed by atoms with Gasteiger partial charge in [0.2, 0.25) is 5.91 Å². The Bertz CT molecular complexity index is 550. The van der Waals surface area contributed by atoms with E-state index in [-0.39, 0.29) is 23.2 Å². The van der Waals surface area contributed by atoms with E-state index in [9.17, 15) is 14.9 Å². The highest BCUT2D eigenvalue weighted by molar-refractivity contribution is 6.32. The minimum Gasteiger partial charge on any atom is -0.376 e. The molecule has 1 heterocycles. The van der Waals surface area contributed by atoms with Gasteiger partial charge in [-0.25, -0.2) is 0 Å². The number of nitrogens with zero attached hydrogens (tertiary/aromatic N) is 2. The molecule has 0 radical (unpaired) electrons. The fourth-order valence-corrected chi connectivity index (χ4v) is 2.65. The number of rotatable bonds is 4. The number of carbonyl (C=O) groups is 1. The molecule has 0 aliphatic carbocycles. The molecular weight excluding hydrogens is 294 g/mol.